The number of carbonyl (C=O) groups excluding carboxylic acids is 3. The summed E-state index contributed by atoms with van der Waals surface area (Å²) in [6.07, 6.45) is 1.32. The summed E-state index contributed by atoms with van der Waals surface area (Å²) in [7, 11) is 4.52. The summed E-state index contributed by atoms with van der Waals surface area (Å²) < 4.78 is 6.96. The average Bonchev–Trinajstić information content (AvgIpc) is 3.73. The molecule has 2 N–H and O–H groups in total. The van der Waals surface area contributed by atoms with Crippen molar-refractivity contribution >= 4 is 52.1 Å². The molecule has 48 heavy (non-hydrogen) atoms. The van der Waals surface area contributed by atoms with Gasteiger partial charge in [0.2, 0.25) is 5.91 Å². The Morgan fingerprint density at radius 3 is 2.40 bits per heavy atom. The summed E-state index contributed by atoms with van der Waals surface area (Å²) in [6.45, 7) is 2.29. The first kappa shape index (κ1) is 32.7. The molecule has 0 unspecified atom stereocenters. The fourth-order valence-corrected chi connectivity index (χ4v) is 6.25. The highest BCUT2D eigenvalue weighted by Crippen LogP contribution is 2.38. The molecule has 6 rings (SSSR count). The number of aryl methyl sites for hydroxylation is 1. The molecule has 2 aliphatic heterocycles. The van der Waals surface area contributed by atoms with Crippen molar-refractivity contribution in [3.63, 3.8) is 0 Å². The molecule has 0 radical (unpaired) electrons. The van der Waals surface area contributed by atoms with Crippen LogP contribution in [-0.4, -0.2) is 89.8 Å². The van der Waals surface area contributed by atoms with Crippen LogP contribution in [0.1, 0.15) is 33.7 Å². The molecular formula is C33H35ClN8O6. The molecule has 3 amide bonds. The molecule has 0 spiro atoms. The number of carbonyl (C=O) groups is 3. The molecule has 4 aromatic rings. The Labute approximate surface area is 281 Å². The number of anilines is 4. The predicted octanol–water partition coefficient (Wildman–Crippen LogP) is 4.24. The van der Waals surface area contributed by atoms with Gasteiger partial charge in [0.25, 0.3) is 11.8 Å². The normalized spacial score (nSPS) is 14.8. The zero-order valence-corrected chi connectivity index (χ0v) is 27.5. The minimum absolute atomic E-state index is 0.0601. The predicted molar refractivity (Wildman–Crippen MR) is 180 cm³/mol. The third-order valence-corrected chi connectivity index (χ3v) is 8.81. The Bertz CT molecular complexity index is 1840. The first-order valence-corrected chi connectivity index (χ1v) is 15.7. The van der Waals surface area contributed by atoms with Crippen LogP contribution in [0.25, 0.3) is 11.3 Å². The van der Waals surface area contributed by atoms with Crippen molar-refractivity contribution in [3.8, 4) is 17.0 Å². The van der Waals surface area contributed by atoms with Crippen LogP contribution >= 0.6 is 11.6 Å². The van der Waals surface area contributed by atoms with Gasteiger partial charge in [-0.1, -0.05) is 28.9 Å². The van der Waals surface area contributed by atoms with Crippen LogP contribution in [0.15, 0.2) is 60.7 Å². The number of rotatable bonds is 9. The first-order valence-electron chi connectivity index (χ1n) is 15.4. The van der Waals surface area contributed by atoms with Gasteiger partial charge in [-0.3, -0.25) is 24.4 Å². The lowest BCUT2D eigenvalue weighted by atomic mass is 10.1. The van der Waals surface area contributed by atoms with Gasteiger partial charge in [-0.15, -0.1) is 10.3 Å². The Morgan fingerprint density at radius 1 is 1.00 bits per heavy atom. The highest BCUT2D eigenvalue weighted by Gasteiger charge is 2.30. The number of piperazine rings is 1. The Balaban J connectivity index is 1.19. The number of nitrogens with zero attached hydrogens (tertiary/aromatic N) is 7. The van der Waals surface area contributed by atoms with E-state index in [1.165, 1.54) is 17.9 Å². The van der Waals surface area contributed by atoms with Crippen LogP contribution in [0.2, 0.25) is 5.02 Å². The number of halogens is 1. The minimum Gasteiger partial charge on any atom is -0.496 e. The summed E-state index contributed by atoms with van der Waals surface area (Å²) in [4.78, 5) is 49.7. The number of para-hydroxylation sites is 1. The molecule has 3 heterocycles. The van der Waals surface area contributed by atoms with Gasteiger partial charge < -0.3 is 24.8 Å². The molecule has 2 saturated heterocycles. The van der Waals surface area contributed by atoms with Crippen LogP contribution in [0, 0.1) is 0 Å². The molecule has 15 heteroatoms. The molecule has 0 atom stereocenters. The van der Waals surface area contributed by atoms with Crippen molar-refractivity contribution in [2.75, 3.05) is 67.3 Å². The van der Waals surface area contributed by atoms with E-state index in [1.54, 1.807) is 60.4 Å². The van der Waals surface area contributed by atoms with Crippen LogP contribution in [0.3, 0.4) is 0 Å². The summed E-state index contributed by atoms with van der Waals surface area (Å²) in [5.41, 5.74) is 3.53. The molecule has 14 nitrogen and oxygen atoms in total. The van der Waals surface area contributed by atoms with Gasteiger partial charge in [0.1, 0.15) is 17.1 Å². The third-order valence-electron chi connectivity index (χ3n) is 8.51. The number of hydrogen-bond acceptors (Lipinski definition) is 10. The number of benzene rings is 3. The Hall–Kier alpha value is -5.18. The lowest BCUT2D eigenvalue weighted by molar-refractivity contribution is -0.117. The first-order chi connectivity index (χ1) is 23.2. The number of amides is 3. The van der Waals surface area contributed by atoms with E-state index in [0.29, 0.717) is 83.3 Å². The monoisotopic (exact) mass is 674 g/mol. The number of methoxy groups -OCH3 is 1. The van der Waals surface area contributed by atoms with Crippen LogP contribution in [0.5, 0.6) is 5.75 Å². The van der Waals surface area contributed by atoms with Crippen molar-refractivity contribution in [3.05, 3.63) is 76.9 Å². The van der Waals surface area contributed by atoms with Crippen LogP contribution in [-0.2, 0) is 16.7 Å². The maximum absolute atomic E-state index is 13.8. The van der Waals surface area contributed by atoms with E-state index >= 15 is 0 Å². The van der Waals surface area contributed by atoms with Crippen LogP contribution < -0.4 is 25.1 Å². The van der Waals surface area contributed by atoms with E-state index in [-0.39, 0.29) is 23.2 Å². The van der Waals surface area contributed by atoms with E-state index in [4.69, 9.17) is 21.2 Å². The second-order valence-electron chi connectivity index (χ2n) is 11.3. The zero-order valence-electron chi connectivity index (χ0n) is 26.7. The maximum atomic E-state index is 13.8. The van der Waals surface area contributed by atoms with E-state index in [9.17, 15) is 19.6 Å². The minimum atomic E-state index is -0.431. The lowest BCUT2D eigenvalue weighted by Gasteiger charge is -2.37. The maximum Gasteiger partial charge on any atom is 0.274 e. The summed E-state index contributed by atoms with van der Waals surface area (Å²) >= 11 is 6.71. The molecule has 2 aliphatic rings. The summed E-state index contributed by atoms with van der Waals surface area (Å²) in [6, 6.07) is 17.3. The van der Waals surface area contributed by atoms with Gasteiger partial charge in [-0.2, -0.15) is 0 Å². The third kappa shape index (κ3) is 6.37. The van der Waals surface area contributed by atoms with Crippen molar-refractivity contribution in [2.24, 2.45) is 7.05 Å². The van der Waals surface area contributed by atoms with Gasteiger partial charge in [0.15, 0.2) is 5.69 Å². The molecule has 0 bridgehead atoms. The van der Waals surface area contributed by atoms with Gasteiger partial charge in [-0.05, 0) is 55.0 Å². The van der Waals surface area contributed by atoms with E-state index in [0.717, 1.165) is 12.1 Å². The fourth-order valence-electron chi connectivity index (χ4n) is 5.98. The number of ether oxygens (including phenoxy) is 1. The van der Waals surface area contributed by atoms with Crippen molar-refractivity contribution < 1.29 is 29.2 Å². The quantitative estimate of drug-likeness (QED) is 0.247. The number of aromatic nitrogens is 3. The zero-order chi connectivity index (χ0) is 33.9. The van der Waals surface area contributed by atoms with Gasteiger partial charge in [0, 0.05) is 63.0 Å². The highest BCUT2D eigenvalue weighted by atomic mass is 35.5. The second-order valence-corrected chi connectivity index (χ2v) is 11.7. The second kappa shape index (κ2) is 13.9. The average molecular weight is 675 g/mol. The molecule has 1 aromatic heterocycles. The Morgan fingerprint density at radius 2 is 1.73 bits per heavy atom. The van der Waals surface area contributed by atoms with Crippen LogP contribution in [0.4, 0.5) is 22.7 Å². The SMILES string of the molecule is COc1ccccc1-c1nnn(C)c1C(=O)N1CCN(c2cc(NC(=O)c3ccc(N4CCCC4=O)cc3)c(N(O)OC)cc2Cl)CC1. The Kier molecular flexibility index (Phi) is 9.48. The highest BCUT2D eigenvalue weighted by molar-refractivity contribution is 6.34. The summed E-state index contributed by atoms with van der Waals surface area (Å²) in [5.74, 6) is 0.00115. The van der Waals surface area contributed by atoms with Gasteiger partial charge in [0.05, 0.1) is 30.6 Å². The van der Waals surface area contributed by atoms with E-state index < -0.39 is 5.91 Å². The van der Waals surface area contributed by atoms with Crippen molar-refractivity contribution in [2.45, 2.75) is 12.8 Å². The van der Waals surface area contributed by atoms with Gasteiger partial charge in [-0.25, -0.2) is 4.68 Å². The number of hydrogen-bond donors (Lipinski definition) is 2. The molecule has 250 valence electrons. The molecule has 3 aromatic carbocycles. The summed E-state index contributed by atoms with van der Waals surface area (Å²) in [5, 5.41) is 22.5. The molecule has 0 saturated carbocycles. The smallest absolute Gasteiger partial charge is 0.274 e. The molecule has 2 fully saturated rings. The van der Waals surface area contributed by atoms with E-state index in [1.807, 2.05) is 23.1 Å². The fraction of sp³-hybridized carbons (Fsp3) is 0.303. The molecular weight excluding hydrogens is 640 g/mol. The largest absolute Gasteiger partial charge is 0.496 e. The van der Waals surface area contributed by atoms with Crippen molar-refractivity contribution in [1.29, 1.82) is 0 Å². The van der Waals surface area contributed by atoms with Crippen molar-refractivity contribution in [1.82, 2.24) is 19.9 Å². The molecule has 0 aliphatic carbocycles. The lowest BCUT2D eigenvalue weighted by Crippen LogP contribution is -2.49. The number of nitrogens with one attached hydrogen (secondary N) is 1. The van der Waals surface area contributed by atoms with E-state index in [2.05, 4.69) is 15.6 Å². The van der Waals surface area contributed by atoms with Gasteiger partial charge >= 0.3 is 0 Å². The topological polar surface area (TPSA) is 146 Å². The standard InChI is InChI=1S/C33H35ClN8O6/c1-38-31(30(36-37-38)23-7-4-5-8-28(23)47-2)33(45)40-17-15-39(16-18-40)26-20-25(27(19-24(26)34)42(46)48-3)35-32(44)21-10-12-22(13-11-21)41-14-6-9-29(41)43/h4-5,7-8,10-13,19-20,46H,6,9,14-18H2,1-3H3,(H,35,44).